The van der Waals surface area contributed by atoms with Gasteiger partial charge in [0, 0.05) is 14.6 Å². The fourth-order valence-electron chi connectivity index (χ4n) is 2.76. The number of benzene rings is 2. The molecule has 7 nitrogen and oxygen atoms in total. The highest BCUT2D eigenvalue weighted by Gasteiger charge is 2.39. The smallest absolute Gasteiger partial charge is 0.228 e. The van der Waals surface area contributed by atoms with Gasteiger partial charge in [0.25, 0.3) is 0 Å². The van der Waals surface area contributed by atoms with Crippen LogP contribution in [0, 0.1) is 5.41 Å². The lowest BCUT2D eigenvalue weighted by Crippen LogP contribution is -2.54. The Balaban J connectivity index is 1.86. The predicted octanol–water partition coefficient (Wildman–Crippen LogP) is 4.15. The van der Waals surface area contributed by atoms with Gasteiger partial charge in [-0.1, -0.05) is 44.0 Å². The molecule has 1 aromatic heterocycles. The van der Waals surface area contributed by atoms with Crippen LogP contribution < -0.4 is 15.5 Å². The molecule has 0 bridgehead atoms. The lowest BCUT2D eigenvalue weighted by atomic mass is 10.1. The summed E-state index contributed by atoms with van der Waals surface area (Å²) in [4.78, 5) is 3.36. The Morgan fingerprint density at radius 1 is 0.960 bits per heavy atom. The first-order valence-electron chi connectivity index (χ1n) is 7.33. The summed E-state index contributed by atoms with van der Waals surface area (Å²) in [5.74, 6) is 1.05. The maximum atomic E-state index is 8.59. The summed E-state index contributed by atoms with van der Waals surface area (Å²) in [6, 6.07) is 15.2. The van der Waals surface area contributed by atoms with E-state index in [1.807, 2.05) is 48.5 Å². The lowest BCUT2D eigenvalue weighted by Gasteiger charge is -2.38. The van der Waals surface area contributed by atoms with Crippen LogP contribution in [0.25, 0.3) is 0 Å². The summed E-state index contributed by atoms with van der Waals surface area (Å²) in [6.07, 6.45) is -0.743. The lowest BCUT2D eigenvalue weighted by molar-refractivity contribution is 0.309. The largest absolute Gasteiger partial charge is 0.305 e. The second-order valence-corrected chi connectivity index (χ2v) is 7.24. The Labute approximate surface area is 160 Å². The van der Waals surface area contributed by atoms with Gasteiger partial charge in [-0.05, 0) is 46.7 Å². The second-order valence-electron chi connectivity index (χ2n) is 5.41. The van der Waals surface area contributed by atoms with Crippen molar-refractivity contribution in [2.45, 2.75) is 6.17 Å². The van der Waals surface area contributed by atoms with Crippen LogP contribution in [-0.4, -0.2) is 22.3 Å². The molecule has 3 aromatic rings. The van der Waals surface area contributed by atoms with Gasteiger partial charge in [0.2, 0.25) is 11.6 Å². The first kappa shape index (κ1) is 16.2. The summed E-state index contributed by atoms with van der Waals surface area (Å²) in [5.41, 5.74) is 7.91. The molecule has 1 aliphatic rings. The molecule has 1 unspecified atom stereocenters. The van der Waals surface area contributed by atoms with Crippen molar-refractivity contribution in [1.29, 1.82) is 5.41 Å². The van der Waals surface area contributed by atoms with Crippen LogP contribution in [0.1, 0.15) is 0 Å². The van der Waals surface area contributed by atoms with E-state index >= 15 is 0 Å². The van der Waals surface area contributed by atoms with Crippen molar-refractivity contribution in [3.63, 3.8) is 0 Å². The van der Waals surface area contributed by atoms with Gasteiger partial charge in [-0.15, -0.1) is 0 Å². The van der Waals surface area contributed by atoms with E-state index in [0.717, 1.165) is 20.3 Å². The number of hydrogen-bond donors (Lipinski definition) is 2. The first-order chi connectivity index (χ1) is 12.1. The SMILES string of the molecule is N=C1C(N)N(c2cccc(Br)c2)c2nonc2N1c1cccc(Br)c1. The zero-order valence-corrected chi connectivity index (χ0v) is 15.9. The minimum absolute atomic E-state index is 0.168. The highest BCUT2D eigenvalue weighted by Crippen LogP contribution is 2.41. The van der Waals surface area contributed by atoms with Crippen molar-refractivity contribution in [1.82, 2.24) is 10.3 Å². The Hall–Kier alpha value is -2.23. The summed E-state index contributed by atoms with van der Waals surface area (Å²) < 4.78 is 6.76. The van der Waals surface area contributed by atoms with Gasteiger partial charge in [-0.2, -0.15) is 0 Å². The third kappa shape index (κ3) is 2.74. The molecule has 4 rings (SSSR count). The molecule has 2 aromatic carbocycles. The van der Waals surface area contributed by atoms with Crippen LogP contribution >= 0.6 is 31.9 Å². The minimum atomic E-state index is -0.743. The van der Waals surface area contributed by atoms with Gasteiger partial charge in [0.05, 0.1) is 5.69 Å². The van der Waals surface area contributed by atoms with Gasteiger partial charge in [0.15, 0.2) is 0 Å². The third-order valence-corrected chi connectivity index (χ3v) is 4.83. The van der Waals surface area contributed by atoms with Crippen LogP contribution in [0.15, 0.2) is 62.1 Å². The molecule has 0 amide bonds. The van der Waals surface area contributed by atoms with E-state index in [4.69, 9.17) is 15.8 Å². The Kier molecular flexibility index (Phi) is 4.06. The molecular weight excluding hydrogens is 452 g/mol. The zero-order chi connectivity index (χ0) is 17.6. The highest BCUT2D eigenvalue weighted by molar-refractivity contribution is 9.10. The number of nitrogens with two attached hydrogens (primary N) is 1. The number of nitrogens with one attached hydrogen (secondary N) is 1. The summed E-state index contributed by atoms with van der Waals surface area (Å²) in [6.45, 7) is 0. The van der Waals surface area contributed by atoms with Crippen LogP contribution in [-0.2, 0) is 0 Å². The fraction of sp³-hybridized carbons (Fsp3) is 0.0625. The minimum Gasteiger partial charge on any atom is -0.305 e. The average molecular weight is 464 g/mol. The monoisotopic (exact) mass is 462 g/mol. The molecule has 126 valence electrons. The molecule has 0 saturated carbocycles. The molecule has 0 saturated heterocycles. The molecular formula is C16H12Br2N6O. The van der Waals surface area contributed by atoms with Crippen molar-refractivity contribution >= 4 is 60.7 Å². The number of halogens is 2. The van der Waals surface area contributed by atoms with Gasteiger partial charge in [-0.3, -0.25) is 15.2 Å². The van der Waals surface area contributed by atoms with Crippen molar-refractivity contribution in [3.8, 4) is 0 Å². The number of rotatable bonds is 2. The maximum Gasteiger partial charge on any atom is 0.228 e. The van der Waals surface area contributed by atoms with E-state index in [0.29, 0.717) is 11.6 Å². The fourth-order valence-corrected chi connectivity index (χ4v) is 3.53. The van der Waals surface area contributed by atoms with Crippen LogP contribution in [0.2, 0.25) is 0 Å². The normalized spacial score (nSPS) is 16.9. The van der Waals surface area contributed by atoms with E-state index in [1.54, 1.807) is 9.80 Å². The van der Waals surface area contributed by atoms with Crippen molar-refractivity contribution in [3.05, 3.63) is 57.5 Å². The van der Waals surface area contributed by atoms with E-state index in [-0.39, 0.29) is 5.84 Å². The van der Waals surface area contributed by atoms with Gasteiger partial charge in [-0.25, -0.2) is 4.63 Å². The van der Waals surface area contributed by atoms with Crippen LogP contribution in [0.5, 0.6) is 0 Å². The molecule has 1 aliphatic heterocycles. The molecule has 9 heteroatoms. The molecule has 2 heterocycles. The average Bonchev–Trinajstić information content (AvgIpc) is 3.04. The standard InChI is InChI=1S/C16H12Br2N6O/c17-9-3-1-5-11(7-9)23-13(19)14(20)24(16-15(23)21-25-22-16)12-6-2-4-10(18)8-12/h1-8,13,20H,19H2. The molecule has 0 radical (unpaired) electrons. The number of amidine groups is 1. The third-order valence-electron chi connectivity index (χ3n) is 3.85. The van der Waals surface area contributed by atoms with Gasteiger partial charge in [0.1, 0.15) is 12.0 Å². The quantitative estimate of drug-likeness (QED) is 0.592. The van der Waals surface area contributed by atoms with Crippen molar-refractivity contribution in [2.24, 2.45) is 5.73 Å². The van der Waals surface area contributed by atoms with Crippen LogP contribution in [0.4, 0.5) is 23.0 Å². The van der Waals surface area contributed by atoms with Crippen LogP contribution in [0.3, 0.4) is 0 Å². The Bertz CT molecular complexity index is 959. The van der Waals surface area contributed by atoms with Gasteiger partial charge < -0.3 is 5.73 Å². The number of aromatic nitrogens is 2. The molecule has 0 fully saturated rings. The first-order valence-corrected chi connectivity index (χ1v) is 8.92. The predicted molar refractivity (Wildman–Crippen MR) is 103 cm³/mol. The Morgan fingerprint density at radius 3 is 2.24 bits per heavy atom. The molecule has 0 aliphatic carbocycles. The summed E-state index contributed by atoms with van der Waals surface area (Å²) in [5, 5.41) is 16.6. The molecule has 1 atom stereocenters. The molecule has 0 spiro atoms. The van der Waals surface area contributed by atoms with Crippen molar-refractivity contribution < 1.29 is 4.63 Å². The highest BCUT2D eigenvalue weighted by atomic mass is 79.9. The number of fused-ring (bicyclic) bond motifs is 1. The Morgan fingerprint density at radius 2 is 1.56 bits per heavy atom. The maximum absolute atomic E-state index is 8.59. The molecule has 3 N–H and O–H groups in total. The van der Waals surface area contributed by atoms with E-state index in [9.17, 15) is 0 Å². The number of hydrogen-bond acceptors (Lipinski definition) is 6. The van der Waals surface area contributed by atoms with Gasteiger partial charge >= 0.3 is 0 Å². The van der Waals surface area contributed by atoms with E-state index < -0.39 is 6.17 Å². The summed E-state index contributed by atoms with van der Waals surface area (Å²) >= 11 is 6.90. The molecule has 25 heavy (non-hydrogen) atoms. The second kappa shape index (κ2) is 6.25. The van der Waals surface area contributed by atoms with E-state index in [1.165, 1.54) is 0 Å². The zero-order valence-electron chi connectivity index (χ0n) is 12.7. The van der Waals surface area contributed by atoms with E-state index in [2.05, 4.69) is 42.2 Å². The number of nitrogens with zero attached hydrogens (tertiary/aromatic N) is 4. The number of anilines is 4. The topological polar surface area (TPSA) is 95.3 Å². The van der Waals surface area contributed by atoms with Crippen molar-refractivity contribution in [2.75, 3.05) is 9.80 Å². The summed E-state index contributed by atoms with van der Waals surface area (Å²) in [7, 11) is 0.